The van der Waals surface area contributed by atoms with E-state index in [1.807, 2.05) is 36.4 Å². The first-order valence-electron chi connectivity index (χ1n) is 14.4. The topological polar surface area (TPSA) is 133 Å². The van der Waals surface area contributed by atoms with Gasteiger partial charge in [0.15, 0.2) is 5.69 Å². The smallest absolute Gasteiger partial charge is 0.269 e. The molecule has 2 aliphatic carbocycles. The van der Waals surface area contributed by atoms with Crippen molar-refractivity contribution >= 4 is 28.9 Å². The Hall–Kier alpha value is -4.08. The van der Waals surface area contributed by atoms with Crippen LogP contribution >= 0.6 is 0 Å². The molecule has 0 bridgehead atoms. The first kappa shape index (κ1) is 27.1. The summed E-state index contributed by atoms with van der Waals surface area (Å²) in [5.74, 6) is -0.0924. The van der Waals surface area contributed by atoms with Crippen LogP contribution in [0.3, 0.4) is 0 Å². The molecule has 212 valence electrons. The van der Waals surface area contributed by atoms with E-state index in [1.54, 1.807) is 12.1 Å². The number of hydrogen-bond donors (Lipinski definition) is 4. The molecule has 9 heteroatoms. The lowest BCUT2D eigenvalue weighted by molar-refractivity contribution is 0.0269. The predicted molar refractivity (Wildman–Crippen MR) is 157 cm³/mol. The molecular weight excluding hydrogens is 516 g/mol. The summed E-state index contributed by atoms with van der Waals surface area (Å²) < 4.78 is 0. The van der Waals surface area contributed by atoms with E-state index < -0.39 is 5.91 Å². The van der Waals surface area contributed by atoms with Gasteiger partial charge in [-0.1, -0.05) is 30.3 Å². The van der Waals surface area contributed by atoms with E-state index in [2.05, 4.69) is 39.7 Å². The van der Waals surface area contributed by atoms with Gasteiger partial charge in [-0.3, -0.25) is 14.5 Å². The maximum Gasteiger partial charge on any atom is 0.269 e. The zero-order valence-corrected chi connectivity index (χ0v) is 23.3. The van der Waals surface area contributed by atoms with Gasteiger partial charge in [0.25, 0.3) is 11.8 Å². The highest BCUT2D eigenvalue weighted by atomic mass is 16.3. The Morgan fingerprint density at radius 1 is 1.02 bits per heavy atom. The van der Waals surface area contributed by atoms with Gasteiger partial charge in [-0.25, -0.2) is 9.97 Å². The second-order valence-corrected chi connectivity index (χ2v) is 11.4. The molecule has 3 aromatic rings. The lowest BCUT2D eigenvalue weighted by atomic mass is 9.76. The highest BCUT2D eigenvalue weighted by Gasteiger charge is 2.45. The zero-order chi connectivity index (χ0) is 28.6. The van der Waals surface area contributed by atoms with Gasteiger partial charge < -0.3 is 21.5 Å². The molecule has 9 nitrogen and oxygen atoms in total. The summed E-state index contributed by atoms with van der Waals surface area (Å²) in [7, 11) is 2.12. The molecule has 6 rings (SSSR count). The average Bonchev–Trinajstić information content (AvgIpc) is 3.25. The normalized spacial score (nSPS) is 24.0. The largest absolute Gasteiger partial charge is 0.393 e. The van der Waals surface area contributed by atoms with E-state index in [0.717, 1.165) is 56.3 Å². The van der Waals surface area contributed by atoms with Gasteiger partial charge in [-0.2, -0.15) is 0 Å². The van der Waals surface area contributed by atoms with Gasteiger partial charge in [0, 0.05) is 23.7 Å². The first-order chi connectivity index (χ1) is 19.8. The molecule has 1 aliphatic heterocycles. The fourth-order valence-corrected chi connectivity index (χ4v) is 6.59. The van der Waals surface area contributed by atoms with Crippen LogP contribution in [0.2, 0.25) is 0 Å². The number of nitrogens with two attached hydrogens (primary N) is 1. The van der Waals surface area contributed by atoms with E-state index in [9.17, 15) is 14.7 Å². The van der Waals surface area contributed by atoms with Crippen molar-refractivity contribution in [3.8, 4) is 0 Å². The maximum absolute atomic E-state index is 12.7. The summed E-state index contributed by atoms with van der Waals surface area (Å²) in [6, 6.07) is 16.9. The number of hydrogen-bond acceptors (Lipinski definition) is 7. The molecule has 2 amide bonds. The number of nitrogens with one attached hydrogen (secondary N) is 2. The molecule has 0 radical (unpaired) electrons. The van der Waals surface area contributed by atoms with E-state index in [-0.39, 0.29) is 29.3 Å². The summed E-state index contributed by atoms with van der Waals surface area (Å²) in [6.45, 7) is 0.733. The molecule has 1 spiro atoms. The Morgan fingerprint density at radius 2 is 1.80 bits per heavy atom. The van der Waals surface area contributed by atoms with Crippen LogP contribution in [0.15, 0.2) is 60.7 Å². The van der Waals surface area contributed by atoms with Crippen LogP contribution in [0.1, 0.15) is 82.7 Å². The summed E-state index contributed by atoms with van der Waals surface area (Å²) in [5, 5.41) is 16.4. The number of aromatic nitrogens is 2. The van der Waals surface area contributed by atoms with Crippen LogP contribution in [0.4, 0.5) is 11.5 Å². The lowest BCUT2D eigenvalue weighted by Crippen LogP contribution is -2.42. The predicted octanol–water partition coefficient (Wildman–Crippen LogP) is 4.26. The van der Waals surface area contributed by atoms with Crippen LogP contribution < -0.4 is 16.4 Å². The van der Waals surface area contributed by atoms with Gasteiger partial charge in [-0.15, -0.1) is 0 Å². The number of aliphatic hydroxyl groups excluding tert-OH is 1. The third-order valence-corrected chi connectivity index (χ3v) is 8.84. The highest BCUT2D eigenvalue weighted by Crippen LogP contribution is 2.47. The van der Waals surface area contributed by atoms with Gasteiger partial charge in [0.05, 0.1) is 23.2 Å². The van der Waals surface area contributed by atoms with Crippen molar-refractivity contribution in [2.75, 3.05) is 12.4 Å². The Labute approximate surface area is 239 Å². The summed E-state index contributed by atoms with van der Waals surface area (Å²) in [6.07, 6.45) is 7.56. The van der Waals surface area contributed by atoms with Crippen LogP contribution in [0.5, 0.6) is 0 Å². The van der Waals surface area contributed by atoms with Crippen molar-refractivity contribution in [3.63, 3.8) is 0 Å². The lowest BCUT2D eigenvalue weighted by Gasteiger charge is -2.41. The number of nitrogens with zero attached hydrogens (tertiary/aromatic N) is 3. The minimum absolute atomic E-state index is 0.0243. The van der Waals surface area contributed by atoms with Crippen molar-refractivity contribution in [2.24, 2.45) is 5.73 Å². The molecule has 1 aromatic carbocycles. The third kappa shape index (κ3) is 5.35. The van der Waals surface area contributed by atoms with Crippen LogP contribution in [0.25, 0.3) is 5.57 Å². The number of anilines is 2. The van der Waals surface area contributed by atoms with Gasteiger partial charge in [0.1, 0.15) is 5.82 Å². The molecule has 5 N–H and O–H groups in total. The van der Waals surface area contributed by atoms with Crippen molar-refractivity contribution in [3.05, 3.63) is 88.9 Å². The Kier molecular flexibility index (Phi) is 7.32. The molecule has 1 unspecified atom stereocenters. The van der Waals surface area contributed by atoms with Gasteiger partial charge in [0.2, 0.25) is 0 Å². The third-order valence-electron chi connectivity index (χ3n) is 8.84. The molecule has 3 aliphatic rings. The Balaban J connectivity index is 1.19. The molecule has 1 fully saturated rings. The van der Waals surface area contributed by atoms with Crippen molar-refractivity contribution in [1.82, 2.24) is 20.2 Å². The molecular formula is C32H36N6O3. The number of allylic oxidation sites excluding steroid dienone is 1. The number of aliphatic hydroxyl groups is 1. The molecule has 1 atom stereocenters. The Bertz CT molecular complexity index is 1500. The second-order valence-electron chi connectivity index (χ2n) is 11.4. The Morgan fingerprint density at radius 3 is 2.56 bits per heavy atom. The maximum atomic E-state index is 12.7. The fraction of sp³-hybridized carbons (Fsp3) is 0.375. The number of benzene rings is 1. The SMILES string of the molecule is CN1Cc2nc(Nc3ccc(C4=CCCC(NC(=O)c5ccccc5)C4)nc3C(N)=O)ccc2C12CCC(O)CC2. The van der Waals surface area contributed by atoms with Crippen LogP contribution in [-0.4, -0.2) is 51.0 Å². The highest BCUT2D eigenvalue weighted by molar-refractivity contribution is 5.97. The number of fused-ring (bicyclic) bond motifs is 2. The van der Waals surface area contributed by atoms with Crippen molar-refractivity contribution < 1.29 is 14.7 Å². The minimum Gasteiger partial charge on any atom is -0.393 e. The van der Waals surface area contributed by atoms with Gasteiger partial charge >= 0.3 is 0 Å². The zero-order valence-electron chi connectivity index (χ0n) is 23.3. The summed E-state index contributed by atoms with van der Waals surface area (Å²) in [5.41, 5.74) is 10.9. The minimum atomic E-state index is -0.625. The molecule has 0 saturated heterocycles. The quantitative estimate of drug-likeness (QED) is 0.359. The number of primary amides is 1. The van der Waals surface area contributed by atoms with Crippen molar-refractivity contribution in [1.29, 1.82) is 0 Å². The average molecular weight is 553 g/mol. The fourth-order valence-electron chi connectivity index (χ4n) is 6.59. The van der Waals surface area contributed by atoms with E-state index >= 15 is 0 Å². The number of pyridine rings is 2. The summed E-state index contributed by atoms with van der Waals surface area (Å²) in [4.78, 5) is 37.0. The van der Waals surface area contributed by atoms with E-state index in [1.165, 1.54) is 5.56 Å². The van der Waals surface area contributed by atoms with Crippen LogP contribution in [-0.2, 0) is 12.1 Å². The monoisotopic (exact) mass is 552 g/mol. The molecule has 1 saturated carbocycles. The van der Waals surface area contributed by atoms with Crippen molar-refractivity contribution in [2.45, 2.75) is 69.2 Å². The number of amides is 2. The van der Waals surface area contributed by atoms with Gasteiger partial charge in [-0.05, 0) is 93.5 Å². The van der Waals surface area contributed by atoms with E-state index in [4.69, 9.17) is 10.7 Å². The molecule has 41 heavy (non-hydrogen) atoms. The summed E-state index contributed by atoms with van der Waals surface area (Å²) >= 11 is 0. The molecule has 3 heterocycles. The number of carbonyl (C=O) groups excluding carboxylic acids is 2. The molecule has 2 aromatic heterocycles. The standard InChI is InChI=1S/C32H36N6O3/c1-38-19-27-24(32(38)16-14-23(39)15-17-32)10-13-28(36-27)35-26-12-11-25(37-29(26)30(33)40)21-8-5-9-22(18-21)34-31(41)20-6-3-2-4-7-20/h2-4,6-8,10-13,22-23,39H,5,9,14-19H2,1H3,(H2,33,40)(H,34,41)(H,35,36). The number of carbonyl (C=O) groups is 2. The first-order valence-corrected chi connectivity index (χ1v) is 14.4. The van der Waals surface area contributed by atoms with Crippen LogP contribution in [0, 0.1) is 0 Å². The number of rotatable bonds is 6. The van der Waals surface area contributed by atoms with E-state index in [0.29, 0.717) is 29.2 Å². The second kappa shape index (κ2) is 11.1.